The van der Waals surface area contributed by atoms with Crippen molar-refractivity contribution in [3.63, 3.8) is 0 Å². The van der Waals surface area contributed by atoms with Gasteiger partial charge in [-0.3, -0.25) is 0 Å². The van der Waals surface area contributed by atoms with Gasteiger partial charge in [-0.15, -0.1) is 11.8 Å². The summed E-state index contributed by atoms with van der Waals surface area (Å²) in [6.45, 7) is 6.21. The Balaban J connectivity index is 2.47. The lowest BCUT2D eigenvalue weighted by molar-refractivity contribution is 0.628. The topological polar surface area (TPSA) is 12.4 Å². The number of hydrogen-bond acceptors (Lipinski definition) is 2. The minimum Gasteiger partial charge on any atom is -0.241 e. The molecule has 0 spiro atoms. The number of para-hydroxylation sites is 1. The number of thioether (sulfide) groups is 1. The summed E-state index contributed by atoms with van der Waals surface area (Å²) in [6, 6.07) is 12.7. The van der Waals surface area contributed by atoms with E-state index in [1.165, 1.54) is 12.1 Å². The maximum atomic E-state index is 13.0. The molecule has 2 aromatic rings. The zero-order valence-corrected chi connectivity index (χ0v) is 12.8. The molecule has 0 saturated heterocycles. The molecule has 0 amide bonds. The molecule has 0 N–H and O–H groups in total. The van der Waals surface area contributed by atoms with E-state index in [4.69, 9.17) is 4.99 Å². The second-order valence-electron chi connectivity index (χ2n) is 4.60. The van der Waals surface area contributed by atoms with Crippen LogP contribution in [0.3, 0.4) is 0 Å². The van der Waals surface area contributed by atoms with Gasteiger partial charge in [-0.25, -0.2) is 9.38 Å². The Kier molecular flexibility index (Phi) is 4.96. The summed E-state index contributed by atoms with van der Waals surface area (Å²) in [5.74, 6) is 0.711. The molecule has 104 valence electrons. The minimum atomic E-state index is -0.221. The largest absolute Gasteiger partial charge is 0.241 e. The summed E-state index contributed by atoms with van der Waals surface area (Å²) in [7, 11) is 0. The Morgan fingerprint density at radius 2 is 1.65 bits per heavy atom. The molecule has 2 rings (SSSR count). The van der Waals surface area contributed by atoms with Crippen molar-refractivity contribution in [3.05, 3.63) is 65.0 Å². The van der Waals surface area contributed by atoms with Gasteiger partial charge in [-0.1, -0.05) is 25.1 Å². The van der Waals surface area contributed by atoms with Crippen LogP contribution in [0.1, 0.15) is 23.6 Å². The van der Waals surface area contributed by atoms with Crippen LogP contribution in [0.25, 0.3) is 0 Å². The Hall–Kier alpha value is -1.61. The first-order valence-corrected chi connectivity index (χ1v) is 7.64. The molecule has 0 heterocycles. The van der Waals surface area contributed by atoms with Crippen molar-refractivity contribution in [3.8, 4) is 0 Å². The van der Waals surface area contributed by atoms with Gasteiger partial charge in [-0.05, 0) is 55.0 Å². The van der Waals surface area contributed by atoms with Gasteiger partial charge in [0.1, 0.15) is 10.9 Å². The van der Waals surface area contributed by atoms with Crippen molar-refractivity contribution >= 4 is 22.5 Å². The molecule has 1 nitrogen and oxygen atoms in total. The van der Waals surface area contributed by atoms with Gasteiger partial charge in [0, 0.05) is 5.56 Å². The molecule has 0 aliphatic carbocycles. The molecular weight excluding hydrogens is 269 g/mol. The number of aliphatic imine (C=N–C) groups is 1. The van der Waals surface area contributed by atoms with E-state index < -0.39 is 0 Å². The number of halogens is 1. The van der Waals surface area contributed by atoms with Gasteiger partial charge >= 0.3 is 0 Å². The van der Waals surface area contributed by atoms with Crippen molar-refractivity contribution in [2.75, 3.05) is 5.75 Å². The lowest BCUT2D eigenvalue weighted by Gasteiger charge is -2.09. The average Bonchev–Trinajstić information content (AvgIpc) is 2.43. The predicted octanol–water partition coefficient (Wildman–Crippen LogP) is 5.27. The Morgan fingerprint density at radius 3 is 2.20 bits per heavy atom. The van der Waals surface area contributed by atoms with E-state index in [9.17, 15) is 4.39 Å². The van der Waals surface area contributed by atoms with Gasteiger partial charge < -0.3 is 0 Å². The molecular formula is C17H18FNS. The van der Waals surface area contributed by atoms with Crippen LogP contribution in [-0.2, 0) is 0 Å². The van der Waals surface area contributed by atoms with Crippen molar-refractivity contribution in [2.24, 2.45) is 4.99 Å². The monoisotopic (exact) mass is 287 g/mol. The third-order valence-corrected chi connectivity index (χ3v) is 3.91. The Bertz CT molecular complexity index is 597. The van der Waals surface area contributed by atoms with Crippen LogP contribution in [0.4, 0.5) is 10.1 Å². The molecule has 2 aromatic carbocycles. The van der Waals surface area contributed by atoms with Gasteiger partial charge in [0.2, 0.25) is 0 Å². The maximum absolute atomic E-state index is 13.0. The van der Waals surface area contributed by atoms with E-state index in [1.807, 2.05) is 6.07 Å². The zero-order valence-electron chi connectivity index (χ0n) is 12.0. The number of aryl methyl sites for hydroxylation is 2. The average molecular weight is 287 g/mol. The fraction of sp³-hybridized carbons (Fsp3) is 0.235. The lowest BCUT2D eigenvalue weighted by Crippen LogP contribution is -1.97. The van der Waals surface area contributed by atoms with Crippen molar-refractivity contribution < 1.29 is 4.39 Å². The first-order chi connectivity index (χ1) is 9.61. The summed E-state index contributed by atoms with van der Waals surface area (Å²) in [5.41, 5.74) is 4.27. The molecule has 0 saturated carbocycles. The smallest absolute Gasteiger partial charge is 0.123 e. The highest BCUT2D eigenvalue weighted by Gasteiger charge is 2.07. The number of rotatable bonds is 3. The van der Waals surface area contributed by atoms with E-state index in [2.05, 4.69) is 32.9 Å². The van der Waals surface area contributed by atoms with E-state index in [1.54, 1.807) is 23.9 Å². The SMILES string of the molecule is CCS/C(=N\c1c(C)cccc1C)c1ccc(F)cc1. The molecule has 0 unspecified atom stereocenters. The Morgan fingerprint density at radius 1 is 1.05 bits per heavy atom. The third-order valence-electron chi connectivity index (χ3n) is 3.03. The highest BCUT2D eigenvalue weighted by molar-refractivity contribution is 8.14. The molecule has 20 heavy (non-hydrogen) atoms. The first kappa shape index (κ1) is 14.8. The van der Waals surface area contributed by atoms with Crippen LogP contribution in [0.5, 0.6) is 0 Å². The van der Waals surface area contributed by atoms with Crippen LogP contribution in [0.2, 0.25) is 0 Å². The van der Waals surface area contributed by atoms with Crippen molar-refractivity contribution in [2.45, 2.75) is 20.8 Å². The summed E-state index contributed by atoms with van der Waals surface area (Å²) in [6.07, 6.45) is 0. The van der Waals surface area contributed by atoms with E-state index in [-0.39, 0.29) is 5.82 Å². The van der Waals surface area contributed by atoms with E-state index in [0.29, 0.717) is 0 Å². The van der Waals surface area contributed by atoms with Gasteiger partial charge in [-0.2, -0.15) is 0 Å². The normalized spacial score (nSPS) is 11.7. The molecule has 0 aliphatic heterocycles. The van der Waals surface area contributed by atoms with Gasteiger partial charge in [0.15, 0.2) is 0 Å². The summed E-state index contributed by atoms with van der Waals surface area (Å²) in [5, 5.41) is 0.935. The molecule has 0 bridgehead atoms. The predicted molar refractivity (Wildman–Crippen MR) is 86.6 cm³/mol. The fourth-order valence-corrected chi connectivity index (χ4v) is 2.72. The second kappa shape index (κ2) is 6.71. The quantitative estimate of drug-likeness (QED) is 0.553. The molecule has 0 aliphatic rings. The molecule has 0 aromatic heterocycles. The Labute approximate surface area is 123 Å². The third kappa shape index (κ3) is 3.48. The number of nitrogens with zero attached hydrogens (tertiary/aromatic N) is 1. The van der Waals surface area contributed by atoms with Crippen LogP contribution in [0, 0.1) is 19.7 Å². The van der Waals surface area contributed by atoms with E-state index >= 15 is 0 Å². The van der Waals surface area contributed by atoms with Gasteiger partial charge in [0.25, 0.3) is 0 Å². The van der Waals surface area contributed by atoms with Crippen LogP contribution in [0.15, 0.2) is 47.5 Å². The summed E-state index contributed by atoms with van der Waals surface area (Å²) >= 11 is 1.68. The van der Waals surface area contributed by atoms with Crippen LogP contribution < -0.4 is 0 Å². The minimum absolute atomic E-state index is 0.221. The molecule has 3 heteroatoms. The van der Waals surface area contributed by atoms with Crippen LogP contribution in [-0.4, -0.2) is 10.8 Å². The molecule has 0 atom stereocenters. The summed E-state index contributed by atoms with van der Waals surface area (Å²) < 4.78 is 13.0. The van der Waals surface area contributed by atoms with Crippen LogP contribution >= 0.6 is 11.8 Å². The number of hydrogen-bond donors (Lipinski definition) is 0. The number of benzene rings is 2. The second-order valence-corrected chi connectivity index (χ2v) is 5.85. The highest BCUT2D eigenvalue weighted by atomic mass is 32.2. The summed E-state index contributed by atoms with van der Waals surface area (Å²) in [4.78, 5) is 4.80. The zero-order chi connectivity index (χ0) is 14.5. The maximum Gasteiger partial charge on any atom is 0.123 e. The van der Waals surface area contributed by atoms with E-state index in [0.717, 1.165) is 33.2 Å². The lowest BCUT2D eigenvalue weighted by atomic mass is 10.1. The highest BCUT2D eigenvalue weighted by Crippen LogP contribution is 2.26. The fourth-order valence-electron chi connectivity index (χ4n) is 1.99. The molecule has 0 fully saturated rings. The first-order valence-electron chi connectivity index (χ1n) is 6.65. The molecule has 0 radical (unpaired) electrons. The van der Waals surface area contributed by atoms with Crippen molar-refractivity contribution in [1.82, 2.24) is 0 Å². The standard InChI is InChI=1S/C17H18FNS/c1-4-20-17(14-8-10-15(18)11-9-14)19-16-12(2)6-5-7-13(16)3/h5-11H,4H2,1-3H3/b19-17-. The van der Waals surface area contributed by atoms with Gasteiger partial charge in [0.05, 0.1) is 5.69 Å². The van der Waals surface area contributed by atoms with Crippen molar-refractivity contribution in [1.29, 1.82) is 0 Å².